The molecule has 0 saturated carbocycles. The fourth-order valence-corrected chi connectivity index (χ4v) is 7.14. The summed E-state index contributed by atoms with van der Waals surface area (Å²) in [5.41, 5.74) is 1.45. The fraction of sp³-hybridized carbons (Fsp3) is 0.308. The SMILES string of the molecule is CC(C)Oc1ccc(S(=O)(=O)N2CCC(c3cn(CC(=O)O)c4cc(S(=O)c5ncco5)ccc34)C2)cc1. The molecule has 1 aliphatic heterocycles. The van der Waals surface area contributed by atoms with E-state index in [1.165, 1.54) is 16.8 Å². The zero-order valence-corrected chi connectivity index (χ0v) is 22.4. The number of oxazole rings is 1. The van der Waals surface area contributed by atoms with Crippen molar-refractivity contribution >= 4 is 37.7 Å². The highest BCUT2D eigenvalue weighted by Crippen LogP contribution is 2.37. The summed E-state index contributed by atoms with van der Waals surface area (Å²) >= 11 is 0. The Bertz CT molecular complexity index is 1590. The first kappa shape index (κ1) is 26.1. The first-order chi connectivity index (χ1) is 18.1. The number of benzene rings is 2. The highest BCUT2D eigenvalue weighted by molar-refractivity contribution is 7.89. The smallest absolute Gasteiger partial charge is 0.323 e. The lowest BCUT2D eigenvalue weighted by Gasteiger charge is -2.17. The van der Waals surface area contributed by atoms with Gasteiger partial charge in [0.1, 0.15) is 29.4 Å². The molecule has 0 radical (unpaired) electrons. The monoisotopic (exact) mass is 557 g/mol. The summed E-state index contributed by atoms with van der Waals surface area (Å²) in [6, 6.07) is 11.6. The van der Waals surface area contributed by atoms with Crippen LogP contribution in [0.15, 0.2) is 80.6 Å². The lowest BCUT2D eigenvalue weighted by molar-refractivity contribution is -0.137. The first-order valence-corrected chi connectivity index (χ1v) is 14.6. The Hall–Kier alpha value is -3.48. The molecule has 0 bridgehead atoms. The summed E-state index contributed by atoms with van der Waals surface area (Å²) < 4.78 is 53.4. The third-order valence-corrected chi connectivity index (χ3v) is 9.48. The fourth-order valence-electron chi connectivity index (χ4n) is 4.73. The van der Waals surface area contributed by atoms with Crippen molar-refractivity contribution in [1.82, 2.24) is 13.9 Å². The van der Waals surface area contributed by atoms with Crippen LogP contribution in [0.25, 0.3) is 10.9 Å². The molecule has 0 aliphatic carbocycles. The summed E-state index contributed by atoms with van der Waals surface area (Å²) in [5, 5.41) is 10.3. The van der Waals surface area contributed by atoms with Gasteiger partial charge in [-0.15, -0.1) is 0 Å². The minimum absolute atomic E-state index is 0.0158. The van der Waals surface area contributed by atoms with Crippen molar-refractivity contribution in [3.8, 4) is 5.75 Å². The number of carbonyl (C=O) groups is 1. The molecule has 0 spiro atoms. The third kappa shape index (κ3) is 5.11. The summed E-state index contributed by atoms with van der Waals surface area (Å²) in [4.78, 5) is 16.1. The van der Waals surface area contributed by atoms with E-state index in [-0.39, 0.29) is 35.2 Å². The van der Waals surface area contributed by atoms with Crippen LogP contribution in [-0.4, -0.2) is 56.8 Å². The van der Waals surface area contributed by atoms with Gasteiger partial charge in [0, 0.05) is 30.6 Å². The molecule has 0 amide bonds. The Balaban J connectivity index is 1.43. The average molecular weight is 558 g/mol. The summed E-state index contributed by atoms with van der Waals surface area (Å²) in [6.45, 7) is 4.13. The predicted octanol–water partition coefficient (Wildman–Crippen LogP) is 3.85. The van der Waals surface area contributed by atoms with Crippen molar-refractivity contribution < 1.29 is 31.7 Å². The first-order valence-electron chi connectivity index (χ1n) is 12.1. The van der Waals surface area contributed by atoms with E-state index in [1.54, 1.807) is 53.2 Å². The van der Waals surface area contributed by atoms with Crippen LogP contribution >= 0.6 is 0 Å². The molecule has 2 aromatic carbocycles. The van der Waals surface area contributed by atoms with Crippen molar-refractivity contribution in [1.29, 1.82) is 0 Å². The number of aliphatic carboxylic acids is 1. The molecule has 1 saturated heterocycles. The van der Waals surface area contributed by atoms with Crippen LogP contribution in [0.1, 0.15) is 31.7 Å². The highest BCUT2D eigenvalue weighted by atomic mass is 32.2. The van der Waals surface area contributed by atoms with Gasteiger partial charge in [-0.1, -0.05) is 6.07 Å². The maximum absolute atomic E-state index is 13.3. The van der Waals surface area contributed by atoms with Crippen LogP contribution in [0.2, 0.25) is 0 Å². The molecule has 200 valence electrons. The number of rotatable bonds is 9. The largest absolute Gasteiger partial charge is 0.491 e. The van der Waals surface area contributed by atoms with E-state index in [0.717, 1.165) is 10.9 Å². The van der Waals surface area contributed by atoms with Gasteiger partial charge in [0.05, 0.1) is 27.6 Å². The molecule has 3 heterocycles. The third-order valence-electron chi connectivity index (χ3n) is 6.40. The Morgan fingerprint density at radius 2 is 2.00 bits per heavy atom. The molecular weight excluding hydrogens is 530 g/mol. The molecule has 1 N–H and O–H groups in total. The van der Waals surface area contributed by atoms with E-state index in [0.29, 0.717) is 29.1 Å². The Labute approximate surface area is 222 Å². The maximum Gasteiger partial charge on any atom is 0.323 e. The Morgan fingerprint density at radius 1 is 1.24 bits per heavy atom. The van der Waals surface area contributed by atoms with Crippen LogP contribution in [0.4, 0.5) is 0 Å². The standard InChI is InChI=1S/C26H27N3O7S2/c1-17(2)36-19-3-6-21(7-4-19)38(33,34)29-11-9-18(14-29)23-15-28(16-25(30)31)24-13-20(5-8-22(23)24)37(32)26-27-10-12-35-26/h3-8,10,12-13,15,17-18H,9,11,14,16H2,1-2H3,(H,30,31). The number of hydrogen-bond donors (Lipinski definition) is 1. The van der Waals surface area contributed by atoms with Gasteiger partial charge in [0.15, 0.2) is 0 Å². The minimum Gasteiger partial charge on any atom is -0.491 e. The van der Waals surface area contributed by atoms with E-state index in [1.807, 2.05) is 13.8 Å². The number of sulfonamides is 1. The van der Waals surface area contributed by atoms with Gasteiger partial charge in [0.2, 0.25) is 10.0 Å². The van der Waals surface area contributed by atoms with Crippen LogP contribution in [0, 0.1) is 0 Å². The maximum atomic E-state index is 13.3. The van der Waals surface area contributed by atoms with Gasteiger partial charge in [-0.05, 0) is 62.2 Å². The van der Waals surface area contributed by atoms with E-state index in [9.17, 15) is 22.5 Å². The zero-order valence-electron chi connectivity index (χ0n) is 20.8. The number of hydrogen-bond acceptors (Lipinski definition) is 7. The number of aromatic nitrogens is 2. The highest BCUT2D eigenvalue weighted by Gasteiger charge is 2.34. The van der Waals surface area contributed by atoms with Gasteiger partial charge < -0.3 is 18.8 Å². The van der Waals surface area contributed by atoms with Gasteiger partial charge in [0.25, 0.3) is 5.22 Å². The summed E-state index contributed by atoms with van der Waals surface area (Å²) in [7, 11) is -5.38. The van der Waals surface area contributed by atoms with E-state index < -0.39 is 26.8 Å². The van der Waals surface area contributed by atoms with Gasteiger partial charge in [-0.3, -0.25) is 4.79 Å². The van der Waals surface area contributed by atoms with Crippen LogP contribution in [0.3, 0.4) is 0 Å². The minimum atomic E-state index is -3.71. The topological polar surface area (TPSA) is 132 Å². The molecule has 2 aromatic heterocycles. The number of carboxylic acid groups (broad SMARTS) is 1. The normalized spacial score (nSPS) is 17.3. The van der Waals surface area contributed by atoms with E-state index in [2.05, 4.69) is 4.98 Å². The van der Waals surface area contributed by atoms with Gasteiger partial charge in [-0.25, -0.2) is 17.6 Å². The predicted molar refractivity (Wildman–Crippen MR) is 139 cm³/mol. The quantitative estimate of drug-likeness (QED) is 0.328. The van der Waals surface area contributed by atoms with Crippen molar-refractivity contribution in [2.45, 2.75) is 53.8 Å². The lowest BCUT2D eigenvalue weighted by atomic mass is 9.98. The van der Waals surface area contributed by atoms with Crippen molar-refractivity contribution in [2.24, 2.45) is 0 Å². The molecular formula is C26H27N3O7S2. The van der Waals surface area contributed by atoms with Gasteiger partial charge in [-0.2, -0.15) is 4.31 Å². The number of carboxylic acids is 1. The van der Waals surface area contributed by atoms with E-state index in [4.69, 9.17) is 9.15 Å². The van der Waals surface area contributed by atoms with E-state index >= 15 is 0 Å². The van der Waals surface area contributed by atoms with Crippen LogP contribution in [0.5, 0.6) is 5.75 Å². The average Bonchev–Trinajstić information content (AvgIpc) is 3.64. The van der Waals surface area contributed by atoms with Crippen molar-refractivity contribution in [2.75, 3.05) is 13.1 Å². The lowest BCUT2D eigenvalue weighted by Crippen LogP contribution is -2.28. The molecule has 1 aliphatic rings. The van der Waals surface area contributed by atoms with Crippen LogP contribution in [-0.2, 0) is 32.2 Å². The van der Waals surface area contributed by atoms with Crippen molar-refractivity contribution in [3.63, 3.8) is 0 Å². The molecule has 1 fully saturated rings. The zero-order chi connectivity index (χ0) is 27.0. The number of fused-ring (bicyclic) bond motifs is 1. The second-order valence-corrected chi connectivity index (χ2v) is 12.6. The van der Waals surface area contributed by atoms with Crippen LogP contribution < -0.4 is 4.74 Å². The Morgan fingerprint density at radius 3 is 2.66 bits per heavy atom. The molecule has 12 heteroatoms. The summed E-state index contributed by atoms with van der Waals surface area (Å²) in [6.07, 6.45) is 5.08. The van der Waals surface area contributed by atoms with Gasteiger partial charge >= 0.3 is 5.97 Å². The molecule has 38 heavy (non-hydrogen) atoms. The molecule has 5 rings (SSSR count). The number of nitrogens with zero attached hydrogens (tertiary/aromatic N) is 3. The molecule has 10 nitrogen and oxygen atoms in total. The molecule has 4 aromatic rings. The molecule has 2 unspecified atom stereocenters. The van der Waals surface area contributed by atoms with Crippen molar-refractivity contribution in [3.05, 3.63) is 66.7 Å². The number of ether oxygens (including phenoxy) is 1. The Kier molecular flexibility index (Phi) is 7.12. The summed E-state index contributed by atoms with van der Waals surface area (Å²) in [5.74, 6) is -0.547. The second kappa shape index (κ2) is 10.4. The second-order valence-electron chi connectivity index (χ2n) is 9.34. The molecule has 2 atom stereocenters.